The summed E-state index contributed by atoms with van der Waals surface area (Å²) in [5.74, 6) is -0.548. The number of benzene rings is 2. The molecule has 1 amide bonds. The predicted octanol–water partition coefficient (Wildman–Crippen LogP) is 5.23. The third kappa shape index (κ3) is 3.99. The Hall–Kier alpha value is -3.92. The van der Waals surface area contributed by atoms with E-state index in [4.69, 9.17) is 11.6 Å². The number of halogens is 4. The van der Waals surface area contributed by atoms with E-state index in [0.29, 0.717) is 20.8 Å². The van der Waals surface area contributed by atoms with Crippen molar-refractivity contribution in [2.24, 2.45) is 7.05 Å². The highest BCUT2D eigenvalue weighted by Gasteiger charge is 2.36. The van der Waals surface area contributed by atoms with E-state index in [1.165, 1.54) is 22.8 Å². The number of aromatic nitrogens is 5. The highest BCUT2D eigenvalue weighted by Crippen LogP contribution is 2.35. The van der Waals surface area contributed by atoms with Gasteiger partial charge in [-0.3, -0.25) is 9.48 Å². The number of carbonyl (C=O) groups excluding carboxylic acids is 1. The Labute approximate surface area is 202 Å². The lowest BCUT2D eigenvalue weighted by molar-refractivity contribution is -0.142. The average Bonchev–Trinajstić information content (AvgIpc) is 3.40. The first-order valence-corrected chi connectivity index (χ1v) is 10.9. The van der Waals surface area contributed by atoms with Gasteiger partial charge in [0.15, 0.2) is 11.3 Å². The molecule has 0 aliphatic heterocycles. The Morgan fingerprint density at radius 2 is 1.83 bits per heavy atom. The van der Waals surface area contributed by atoms with E-state index in [2.05, 4.69) is 15.2 Å². The summed E-state index contributed by atoms with van der Waals surface area (Å²) in [6, 6.07) is 13.6. The van der Waals surface area contributed by atoms with E-state index in [-0.39, 0.29) is 23.4 Å². The summed E-state index contributed by atoms with van der Waals surface area (Å²) >= 11 is 6.15. The Bertz CT molecular complexity index is 1570. The van der Waals surface area contributed by atoms with Crippen molar-refractivity contribution in [3.63, 3.8) is 0 Å². The SMILES string of the molecule is CN(Cc1c(Cl)cnn1C)C(=O)c1cnn2c(C(F)(F)F)cc(-c3cccc4ccccc34)nc12. The van der Waals surface area contributed by atoms with E-state index < -0.39 is 17.8 Å². The van der Waals surface area contributed by atoms with Crippen LogP contribution in [-0.4, -0.2) is 42.2 Å². The quantitative estimate of drug-likeness (QED) is 0.340. The predicted molar refractivity (Wildman–Crippen MR) is 125 cm³/mol. The Morgan fingerprint density at radius 1 is 1.09 bits per heavy atom. The van der Waals surface area contributed by atoms with Crippen molar-refractivity contribution in [2.75, 3.05) is 7.05 Å². The second-order valence-electron chi connectivity index (χ2n) is 8.07. The molecule has 0 saturated carbocycles. The van der Waals surface area contributed by atoms with E-state index in [1.807, 2.05) is 24.3 Å². The van der Waals surface area contributed by atoms with Crippen LogP contribution in [0.2, 0.25) is 5.02 Å². The molecular formula is C24H18ClF3N6O. The van der Waals surface area contributed by atoms with Gasteiger partial charge in [-0.25, -0.2) is 9.50 Å². The first-order valence-electron chi connectivity index (χ1n) is 10.5. The van der Waals surface area contributed by atoms with Gasteiger partial charge in [0.2, 0.25) is 0 Å². The summed E-state index contributed by atoms with van der Waals surface area (Å²) < 4.78 is 44.3. The van der Waals surface area contributed by atoms with Gasteiger partial charge in [-0.15, -0.1) is 0 Å². The zero-order valence-corrected chi connectivity index (χ0v) is 19.3. The van der Waals surface area contributed by atoms with Gasteiger partial charge in [0, 0.05) is 19.7 Å². The highest BCUT2D eigenvalue weighted by atomic mass is 35.5. The molecule has 3 heterocycles. The monoisotopic (exact) mass is 498 g/mol. The van der Waals surface area contributed by atoms with Crippen LogP contribution in [0.1, 0.15) is 21.7 Å². The van der Waals surface area contributed by atoms with E-state index in [0.717, 1.165) is 23.0 Å². The van der Waals surface area contributed by atoms with Gasteiger partial charge in [0.1, 0.15) is 5.56 Å². The number of fused-ring (bicyclic) bond motifs is 2. The van der Waals surface area contributed by atoms with Gasteiger partial charge in [0.05, 0.1) is 35.3 Å². The van der Waals surface area contributed by atoms with Crippen molar-refractivity contribution < 1.29 is 18.0 Å². The van der Waals surface area contributed by atoms with Gasteiger partial charge in [-0.05, 0) is 16.8 Å². The smallest absolute Gasteiger partial charge is 0.336 e. The molecule has 0 N–H and O–H groups in total. The van der Waals surface area contributed by atoms with Gasteiger partial charge < -0.3 is 4.90 Å². The van der Waals surface area contributed by atoms with Crippen LogP contribution < -0.4 is 0 Å². The minimum atomic E-state index is -4.72. The molecular weight excluding hydrogens is 481 g/mol. The molecule has 0 spiro atoms. The van der Waals surface area contributed by atoms with Crippen LogP contribution in [0.5, 0.6) is 0 Å². The normalized spacial score (nSPS) is 11.9. The summed E-state index contributed by atoms with van der Waals surface area (Å²) in [6.45, 7) is 0.0979. The van der Waals surface area contributed by atoms with Gasteiger partial charge in [-0.1, -0.05) is 54.1 Å². The van der Waals surface area contributed by atoms with Crippen LogP contribution in [0.25, 0.3) is 27.7 Å². The van der Waals surface area contributed by atoms with Crippen molar-refractivity contribution in [2.45, 2.75) is 12.7 Å². The molecule has 178 valence electrons. The van der Waals surface area contributed by atoms with Crippen molar-refractivity contribution in [3.05, 3.63) is 82.9 Å². The molecule has 7 nitrogen and oxygen atoms in total. The van der Waals surface area contributed by atoms with E-state index in [1.54, 1.807) is 25.2 Å². The Kier molecular flexibility index (Phi) is 5.47. The van der Waals surface area contributed by atoms with Crippen LogP contribution in [0, 0.1) is 0 Å². The maximum Gasteiger partial charge on any atom is 0.433 e. The molecule has 5 aromatic rings. The minimum Gasteiger partial charge on any atom is -0.336 e. The molecule has 0 radical (unpaired) electrons. The number of hydrogen-bond donors (Lipinski definition) is 0. The molecule has 11 heteroatoms. The zero-order chi connectivity index (χ0) is 24.9. The molecule has 3 aromatic heterocycles. The topological polar surface area (TPSA) is 68.3 Å². The van der Waals surface area contributed by atoms with Crippen LogP contribution in [0.15, 0.2) is 60.9 Å². The molecule has 5 rings (SSSR count). The van der Waals surface area contributed by atoms with Crippen molar-refractivity contribution >= 4 is 33.9 Å². The third-order valence-corrected chi connectivity index (χ3v) is 6.12. The molecule has 0 unspecified atom stereocenters. The van der Waals surface area contributed by atoms with Gasteiger partial charge in [0.25, 0.3) is 5.91 Å². The number of carbonyl (C=O) groups is 1. The van der Waals surface area contributed by atoms with Crippen molar-refractivity contribution in [1.29, 1.82) is 0 Å². The van der Waals surface area contributed by atoms with Gasteiger partial charge >= 0.3 is 6.18 Å². The summed E-state index contributed by atoms with van der Waals surface area (Å²) in [4.78, 5) is 19.1. The molecule has 0 atom stereocenters. The zero-order valence-electron chi connectivity index (χ0n) is 18.6. The molecule has 0 aliphatic rings. The lowest BCUT2D eigenvalue weighted by Gasteiger charge is -2.17. The fraction of sp³-hybridized carbons (Fsp3) is 0.167. The summed E-state index contributed by atoms with van der Waals surface area (Å²) in [5.41, 5.74) is -0.0745. The standard InChI is InChI=1S/C24H18ClF3N6O/c1-32(13-20-18(25)12-29-33(20)2)23(35)17-11-30-34-21(24(26,27)28)10-19(31-22(17)34)16-9-5-7-14-6-3-4-8-15(14)16/h3-12H,13H2,1-2H3. The molecule has 0 saturated heterocycles. The average molecular weight is 499 g/mol. The highest BCUT2D eigenvalue weighted by molar-refractivity contribution is 6.31. The summed E-state index contributed by atoms with van der Waals surface area (Å²) in [7, 11) is 3.21. The van der Waals surface area contributed by atoms with E-state index >= 15 is 0 Å². The molecule has 0 bridgehead atoms. The largest absolute Gasteiger partial charge is 0.433 e. The van der Waals surface area contributed by atoms with Gasteiger partial charge in [-0.2, -0.15) is 23.4 Å². The number of amides is 1. The number of rotatable bonds is 4. The molecule has 0 fully saturated rings. The van der Waals surface area contributed by atoms with E-state index in [9.17, 15) is 18.0 Å². The lowest BCUT2D eigenvalue weighted by Crippen LogP contribution is -2.27. The van der Waals surface area contributed by atoms with Crippen LogP contribution in [0.3, 0.4) is 0 Å². The second-order valence-corrected chi connectivity index (χ2v) is 8.48. The summed E-state index contributed by atoms with van der Waals surface area (Å²) in [5, 5.41) is 9.89. The minimum absolute atomic E-state index is 0.0571. The first kappa shape index (κ1) is 22.9. The van der Waals surface area contributed by atoms with Crippen molar-refractivity contribution in [3.8, 4) is 11.3 Å². The molecule has 0 aliphatic carbocycles. The summed E-state index contributed by atoms with van der Waals surface area (Å²) in [6.07, 6.45) is -2.16. The van der Waals surface area contributed by atoms with Crippen molar-refractivity contribution in [1.82, 2.24) is 29.3 Å². The Balaban J connectivity index is 1.66. The number of hydrogen-bond acceptors (Lipinski definition) is 4. The number of aryl methyl sites for hydroxylation is 1. The third-order valence-electron chi connectivity index (χ3n) is 5.80. The lowest BCUT2D eigenvalue weighted by atomic mass is 10.0. The van der Waals surface area contributed by atoms with Crippen LogP contribution in [-0.2, 0) is 19.8 Å². The van der Waals surface area contributed by atoms with Crippen LogP contribution in [0.4, 0.5) is 13.2 Å². The maximum atomic E-state index is 14.0. The molecule has 35 heavy (non-hydrogen) atoms. The fourth-order valence-corrected chi connectivity index (χ4v) is 4.24. The maximum absolute atomic E-state index is 14.0. The number of alkyl halides is 3. The first-order chi connectivity index (χ1) is 16.6. The van der Waals surface area contributed by atoms with Crippen LogP contribution >= 0.6 is 11.6 Å². The number of nitrogens with zero attached hydrogens (tertiary/aromatic N) is 6. The fourth-order valence-electron chi connectivity index (χ4n) is 4.02. The molecule has 2 aromatic carbocycles. The Morgan fingerprint density at radius 3 is 2.54 bits per heavy atom. The second kappa shape index (κ2) is 8.38.